The molecule has 2 aromatic heterocycles. The van der Waals surface area contributed by atoms with Gasteiger partial charge < -0.3 is 24.6 Å². The third kappa shape index (κ3) is 6.20. The Kier molecular flexibility index (Phi) is 7.83. The standard InChI is InChI=1S/C29H38N6O3/c1-7-37-24-16-25(26-22(17-30)18-31-35(26)19-24)21-8-10-23(11-9-21)34-14-12-29(13-15-34,20-33(5)6)32-27(36)38-28(2,3)4/h8-11,16,18-19H,7,12-15,20H2,1-6H3,(H,32,36). The summed E-state index contributed by atoms with van der Waals surface area (Å²) in [5, 5.41) is 17.1. The van der Waals surface area contributed by atoms with Crippen LogP contribution in [0.4, 0.5) is 10.5 Å². The first-order valence-corrected chi connectivity index (χ1v) is 13.1. The Labute approximate surface area is 224 Å². The van der Waals surface area contributed by atoms with Crippen LogP contribution in [-0.2, 0) is 4.74 Å². The van der Waals surface area contributed by atoms with Crippen LogP contribution in [0.25, 0.3) is 16.6 Å². The average molecular weight is 519 g/mol. The molecule has 1 fully saturated rings. The zero-order valence-corrected chi connectivity index (χ0v) is 23.2. The molecular weight excluding hydrogens is 480 g/mol. The molecule has 202 valence electrons. The van der Waals surface area contributed by atoms with E-state index >= 15 is 0 Å². The van der Waals surface area contributed by atoms with Crippen molar-refractivity contribution in [3.63, 3.8) is 0 Å². The fourth-order valence-corrected chi connectivity index (χ4v) is 5.14. The van der Waals surface area contributed by atoms with E-state index in [9.17, 15) is 10.1 Å². The van der Waals surface area contributed by atoms with Gasteiger partial charge in [-0.1, -0.05) is 12.1 Å². The third-order valence-electron chi connectivity index (χ3n) is 6.67. The first-order valence-electron chi connectivity index (χ1n) is 13.1. The van der Waals surface area contributed by atoms with E-state index in [-0.39, 0.29) is 11.6 Å². The Balaban J connectivity index is 1.53. The molecule has 4 rings (SSSR count). The fourth-order valence-electron chi connectivity index (χ4n) is 5.14. The van der Waals surface area contributed by atoms with Gasteiger partial charge in [0.1, 0.15) is 17.4 Å². The molecule has 3 heterocycles. The molecule has 38 heavy (non-hydrogen) atoms. The van der Waals surface area contributed by atoms with Crippen LogP contribution in [0, 0.1) is 11.3 Å². The summed E-state index contributed by atoms with van der Waals surface area (Å²) < 4.78 is 13.0. The number of amides is 1. The van der Waals surface area contributed by atoms with Gasteiger partial charge in [0.15, 0.2) is 0 Å². The van der Waals surface area contributed by atoms with Crippen LogP contribution >= 0.6 is 0 Å². The number of nitrogens with one attached hydrogen (secondary N) is 1. The van der Waals surface area contributed by atoms with Gasteiger partial charge >= 0.3 is 6.09 Å². The topological polar surface area (TPSA) is 95.1 Å². The molecular formula is C29H38N6O3. The predicted octanol–water partition coefficient (Wildman–Crippen LogP) is 4.70. The van der Waals surface area contributed by atoms with Gasteiger partial charge in [0.05, 0.1) is 35.6 Å². The number of piperidine rings is 1. The van der Waals surface area contributed by atoms with Gasteiger partial charge in [-0.05, 0) is 78.4 Å². The molecule has 1 aliphatic rings. The number of fused-ring (bicyclic) bond motifs is 1. The highest BCUT2D eigenvalue weighted by Crippen LogP contribution is 2.33. The first kappa shape index (κ1) is 27.3. The molecule has 0 spiro atoms. The number of hydrogen-bond acceptors (Lipinski definition) is 7. The van der Waals surface area contributed by atoms with E-state index < -0.39 is 5.60 Å². The lowest BCUT2D eigenvalue weighted by Gasteiger charge is -2.44. The molecule has 1 saturated heterocycles. The molecule has 0 atom stereocenters. The number of ether oxygens (including phenoxy) is 2. The molecule has 0 saturated carbocycles. The van der Waals surface area contributed by atoms with Gasteiger partial charge in [-0.2, -0.15) is 10.4 Å². The Morgan fingerprint density at radius 2 is 1.89 bits per heavy atom. The molecule has 1 aliphatic heterocycles. The number of rotatable bonds is 7. The summed E-state index contributed by atoms with van der Waals surface area (Å²) >= 11 is 0. The number of nitriles is 1. The van der Waals surface area contributed by atoms with Gasteiger partial charge in [-0.15, -0.1) is 0 Å². The summed E-state index contributed by atoms with van der Waals surface area (Å²) in [6.07, 6.45) is 4.64. The maximum Gasteiger partial charge on any atom is 0.408 e. The highest BCUT2D eigenvalue weighted by molar-refractivity contribution is 5.85. The second-order valence-electron chi connectivity index (χ2n) is 11.2. The van der Waals surface area contributed by atoms with Crippen LogP contribution in [0.2, 0.25) is 0 Å². The molecule has 9 heteroatoms. The lowest BCUT2D eigenvalue weighted by molar-refractivity contribution is 0.0411. The van der Waals surface area contributed by atoms with E-state index in [1.165, 1.54) is 0 Å². The summed E-state index contributed by atoms with van der Waals surface area (Å²) in [5.41, 5.74) is 3.43. The maximum atomic E-state index is 12.6. The minimum atomic E-state index is -0.537. The highest BCUT2D eigenvalue weighted by atomic mass is 16.6. The third-order valence-corrected chi connectivity index (χ3v) is 6.67. The van der Waals surface area contributed by atoms with Crippen LogP contribution in [0.3, 0.4) is 0 Å². The molecule has 1 amide bonds. The zero-order chi connectivity index (χ0) is 27.5. The zero-order valence-electron chi connectivity index (χ0n) is 23.2. The summed E-state index contributed by atoms with van der Waals surface area (Å²) in [6, 6.07) is 12.6. The molecule has 0 aliphatic carbocycles. The number of aromatic nitrogens is 2. The average Bonchev–Trinajstić information content (AvgIpc) is 3.26. The smallest absolute Gasteiger partial charge is 0.408 e. The van der Waals surface area contributed by atoms with Crippen LogP contribution in [0.5, 0.6) is 5.75 Å². The summed E-state index contributed by atoms with van der Waals surface area (Å²) in [6.45, 7) is 10.5. The quantitative estimate of drug-likeness (QED) is 0.485. The lowest BCUT2D eigenvalue weighted by atomic mass is 9.86. The minimum absolute atomic E-state index is 0.344. The summed E-state index contributed by atoms with van der Waals surface area (Å²) in [5.74, 6) is 0.706. The highest BCUT2D eigenvalue weighted by Gasteiger charge is 2.38. The molecule has 1 aromatic carbocycles. The number of anilines is 1. The SMILES string of the molecule is CCOc1cc(-c2ccc(N3CCC(CN(C)C)(NC(=O)OC(C)(C)C)CC3)cc2)c2c(C#N)cnn2c1. The number of pyridine rings is 1. The van der Waals surface area contributed by atoms with Crippen molar-refractivity contribution in [3.8, 4) is 22.9 Å². The van der Waals surface area contributed by atoms with E-state index in [2.05, 4.69) is 50.5 Å². The van der Waals surface area contributed by atoms with Crippen molar-refractivity contribution in [1.82, 2.24) is 19.8 Å². The first-order chi connectivity index (χ1) is 18.0. The minimum Gasteiger partial charge on any atom is -0.492 e. The fraction of sp³-hybridized carbons (Fsp3) is 0.483. The Bertz CT molecular complexity index is 1310. The predicted molar refractivity (Wildman–Crippen MR) is 149 cm³/mol. The molecule has 1 N–H and O–H groups in total. The van der Waals surface area contributed by atoms with Crippen molar-refractivity contribution >= 4 is 17.3 Å². The molecule has 3 aromatic rings. The molecule has 0 bridgehead atoms. The van der Waals surface area contributed by atoms with Gasteiger partial charge in [0.25, 0.3) is 0 Å². The number of alkyl carbamates (subject to hydrolysis) is 1. The van der Waals surface area contributed by atoms with E-state index in [1.54, 1.807) is 16.9 Å². The number of carbonyl (C=O) groups excluding carboxylic acids is 1. The summed E-state index contributed by atoms with van der Waals surface area (Å²) in [7, 11) is 4.05. The van der Waals surface area contributed by atoms with Crippen molar-refractivity contribution in [1.29, 1.82) is 5.26 Å². The van der Waals surface area contributed by atoms with Crippen molar-refractivity contribution in [2.75, 3.05) is 45.2 Å². The molecule has 9 nitrogen and oxygen atoms in total. The second-order valence-corrected chi connectivity index (χ2v) is 11.2. The van der Waals surface area contributed by atoms with E-state index in [1.807, 2.05) is 47.9 Å². The van der Waals surface area contributed by atoms with Crippen molar-refractivity contribution < 1.29 is 14.3 Å². The normalized spacial score (nSPS) is 15.4. The van der Waals surface area contributed by atoms with Gasteiger partial charge in [-0.25, -0.2) is 9.31 Å². The van der Waals surface area contributed by atoms with Gasteiger partial charge in [0, 0.05) is 30.9 Å². The van der Waals surface area contributed by atoms with Crippen LogP contribution < -0.4 is 15.0 Å². The van der Waals surface area contributed by atoms with Gasteiger partial charge in [0.2, 0.25) is 0 Å². The largest absolute Gasteiger partial charge is 0.492 e. The van der Waals surface area contributed by atoms with E-state index in [0.717, 1.165) is 54.8 Å². The Hall–Kier alpha value is -3.77. The monoisotopic (exact) mass is 518 g/mol. The summed E-state index contributed by atoms with van der Waals surface area (Å²) in [4.78, 5) is 17.1. The Morgan fingerprint density at radius 3 is 2.47 bits per heavy atom. The van der Waals surface area contributed by atoms with Crippen molar-refractivity contribution in [2.45, 2.75) is 51.7 Å². The number of nitrogens with zero attached hydrogens (tertiary/aromatic N) is 5. The van der Waals surface area contributed by atoms with E-state index in [0.29, 0.717) is 17.9 Å². The van der Waals surface area contributed by atoms with Crippen LogP contribution in [0.1, 0.15) is 46.1 Å². The number of benzene rings is 1. The van der Waals surface area contributed by atoms with Gasteiger partial charge in [-0.3, -0.25) is 0 Å². The number of likely N-dealkylation sites (N-methyl/N-ethyl adjacent to an activating group) is 1. The molecule has 0 unspecified atom stereocenters. The number of carbonyl (C=O) groups is 1. The maximum absolute atomic E-state index is 12.6. The lowest BCUT2D eigenvalue weighted by Crippen LogP contribution is -2.60. The van der Waals surface area contributed by atoms with Crippen molar-refractivity contribution in [2.24, 2.45) is 0 Å². The Morgan fingerprint density at radius 1 is 1.21 bits per heavy atom. The van der Waals surface area contributed by atoms with Crippen molar-refractivity contribution in [3.05, 3.63) is 48.3 Å². The van der Waals surface area contributed by atoms with Crippen LogP contribution in [-0.4, -0.2) is 72.1 Å². The van der Waals surface area contributed by atoms with E-state index in [4.69, 9.17) is 9.47 Å². The number of hydrogen-bond donors (Lipinski definition) is 1. The second kappa shape index (κ2) is 10.9. The molecule has 0 radical (unpaired) electrons. The van der Waals surface area contributed by atoms with Crippen LogP contribution in [0.15, 0.2) is 42.7 Å².